The van der Waals surface area contributed by atoms with Crippen LogP contribution in [0.4, 0.5) is 0 Å². The summed E-state index contributed by atoms with van der Waals surface area (Å²) < 4.78 is 25.3. The number of aromatic amines is 1. The second kappa shape index (κ2) is 4.34. The summed E-state index contributed by atoms with van der Waals surface area (Å²) in [5.74, 6) is -1.27. The Morgan fingerprint density at radius 2 is 2.28 bits per heavy atom. The number of hydrogen-bond acceptors (Lipinski definition) is 5. The smallest absolute Gasteiger partial charge is 0.322 e. The van der Waals surface area contributed by atoms with Gasteiger partial charge in [0, 0.05) is 13.0 Å². The lowest BCUT2D eigenvalue weighted by atomic mass is 10.2. The summed E-state index contributed by atoms with van der Waals surface area (Å²) in [6.45, 7) is 1.31. The number of β-amino-alcohol motifs (C(OH)–C–C–N with tert-alkyl or cyclic N) is 1. The number of aryl methyl sites for hydroxylation is 1. The van der Waals surface area contributed by atoms with E-state index in [0.717, 1.165) is 10.5 Å². The van der Waals surface area contributed by atoms with Crippen LogP contribution in [0.3, 0.4) is 0 Å². The van der Waals surface area contributed by atoms with Gasteiger partial charge in [-0.15, -0.1) is 0 Å². The molecule has 18 heavy (non-hydrogen) atoms. The van der Waals surface area contributed by atoms with Crippen LogP contribution < -0.4 is 0 Å². The summed E-state index contributed by atoms with van der Waals surface area (Å²) in [7, 11) is -3.95. The number of aliphatic carboxylic acids is 1. The van der Waals surface area contributed by atoms with Crippen molar-refractivity contribution in [1.29, 1.82) is 0 Å². The molecule has 2 heterocycles. The third kappa shape index (κ3) is 2.00. The highest BCUT2D eigenvalue weighted by atomic mass is 32.2. The van der Waals surface area contributed by atoms with Gasteiger partial charge in [0.05, 0.1) is 18.0 Å². The summed E-state index contributed by atoms with van der Waals surface area (Å²) in [4.78, 5) is 11.0. The van der Waals surface area contributed by atoms with Crippen molar-refractivity contribution in [2.75, 3.05) is 6.54 Å². The molecule has 9 heteroatoms. The summed E-state index contributed by atoms with van der Waals surface area (Å²) in [6.07, 6.45) is 0.0628. The quantitative estimate of drug-likeness (QED) is 0.645. The van der Waals surface area contributed by atoms with Crippen LogP contribution >= 0.6 is 0 Å². The number of H-pyrrole nitrogens is 1. The number of aliphatic hydroxyl groups is 1. The number of hydrogen-bond donors (Lipinski definition) is 3. The number of carboxylic acid groups (broad SMARTS) is 1. The van der Waals surface area contributed by atoms with Gasteiger partial charge in [-0.3, -0.25) is 9.89 Å². The highest BCUT2D eigenvalue weighted by Crippen LogP contribution is 2.27. The maximum Gasteiger partial charge on any atom is 0.322 e. The zero-order chi connectivity index (χ0) is 13.5. The molecule has 100 valence electrons. The second-order valence-corrected chi connectivity index (χ2v) is 6.04. The first-order valence-corrected chi connectivity index (χ1v) is 6.70. The summed E-state index contributed by atoms with van der Waals surface area (Å²) in [6, 6.07) is -1.24. The Bertz CT molecular complexity index is 567. The lowest BCUT2D eigenvalue weighted by Crippen LogP contribution is -2.40. The third-order valence-electron chi connectivity index (χ3n) is 2.89. The van der Waals surface area contributed by atoms with Gasteiger partial charge in [0.25, 0.3) is 0 Å². The minimum Gasteiger partial charge on any atom is -0.480 e. The van der Waals surface area contributed by atoms with Crippen LogP contribution in [0.25, 0.3) is 0 Å². The van der Waals surface area contributed by atoms with Gasteiger partial charge in [0.15, 0.2) is 0 Å². The van der Waals surface area contributed by atoms with Crippen molar-refractivity contribution in [2.45, 2.75) is 30.4 Å². The molecule has 0 spiro atoms. The molecule has 0 amide bonds. The van der Waals surface area contributed by atoms with E-state index in [9.17, 15) is 18.3 Å². The fourth-order valence-corrected chi connectivity index (χ4v) is 3.75. The van der Waals surface area contributed by atoms with Gasteiger partial charge in [-0.25, -0.2) is 8.42 Å². The molecule has 0 aliphatic carbocycles. The Morgan fingerprint density at radius 3 is 2.78 bits per heavy atom. The Hall–Kier alpha value is -1.45. The van der Waals surface area contributed by atoms with Gasteiger partial charge in [-0.2, -0.15) is 9.40 Å². The molecule has 2 atom stereocenters. The molecule has 0 radical (unpaired) electrons. The van der Waals surface area contributed by atoms with Gasteiger partial charge in [0.1, 0.15) is 10.9 Å². The normalized spacial score (nSPS) is 25.4. The van der Waals surface area contributed by atoms with Crippen molar-refractivity contribution in [3.63, 3.8) is 0 Å². The number of carboxylic acids is 1. The van der Waals surface area contributed by atoms with E-state index in [2.05, 4.69) is 10.2 Å². The molecule has 0 bridgehead atoms. The van der Waals surface area contributed by atoms with Crippen molar-refractivity contribution in [2.24, 2.45) is 0 Å². The molecule has 1 aromatic rings. The van der Waals surface area contributed by atoms with Gasteiger partial charge in [0.2, 0.25) is 10.0 Å². The number of sulfonamides is 1. The molecule has 0 saturated carbocycles. The average Bonchev–Trinajstić information content (AvgIpc) is 2.84. The Kier molecular flexibility index (Phi) is 3.13. The van der Waals surface area contributed by atoms with E-state index in [1.54, 1.807) is 0 Å². The predicted octanol–water partition coefficient (Wildman–Crippen LogP) is -1.07. The number of nitrogens with zero attached hydrogens (tertiary/aromatic N) is 2. The molecule has 1 aliphatic heterocycles. The first-order chi connectivity index (χ1) is 8.34. The molecular weight excluding hydrogens is 262 g/mol. The molecule has 1 unspecified atom stereocenters. The standard InChI is InChI=1S/C9H13N3O5S/c1-5-8(3-10-11-5)18(16,17)12-4-6(13)2-7(12)9(14)15/h3,6-7,13H,2,4H2,1H3,(H,10,11)(H,14,15)/t6?,7-/m1/s1. The molecule has 0 aromatic carbocycles. The predicted molar refractivity (Wildman–Crippen MR) is 59.3 cm³/mol. The van der Waals surface area contributed by atoms with Crippen LogP contribution in [-0.2, 0) is 14.8 Å². The maximum atomic E-state index is 12.3. The summed E-state index contributed by atoms with van der Waals surface area (Å²) in [5.41, 5.74) is 0.334. The monoisotopic (exact) mass is 275 g/mol. The molecule has 3 N–H and O–H groups in total. The van der Waals surface area contributed by atoms with Crippen molar-refractivity contribution >= 4 is 16.0 Å². The van der Waals surface area contributed by atoms with Crippen molar-refractivity contribution < 1.29 is 23.4 Å². The Morgan fingerprint density at radius 1 is 1.61 bits per heavy atom. The fourth-order valence-electron chi connectivity index (χ4n) is 2.00. The average molecular weight is 275 g/mol. The van der Waals surface area contributed by atoms with E-state index >= 15 is 0 Å². The molecule has 1 saturated heterocycles. The van der Waals surface area contributed by atoms with E-state index in [1.165, 1.54) is 6.92 Å². The minimum absolute atomic E-state index is 0.0668. The van der Waals surface area contributed by atoms with Crippen molar-refractivity contribution in [3.8, 4) is 0 Å². The van der Waals surface area contributed by atoms with E-state index in [1.807, 2.05) is 0 Å². The lowest BCUT2D eigenvalue weighted by molar-refractivity contribution is -0.140. The second-order valence-electron chi connectivity index (χ2n) is 4.18. The Labute approximate surface area is 103 Å². The van der Waals surface area contributed by atoms with Crippen LogP contribution in [0.15, 0.2) is 11.1 Å². The summed E-state index contributed by atoms with van der Waals surface area (Å²) in [5, 5.41) is 24.5. The highest BCUT2D eigenvalue weighted by molar-refractivity contribution is 7.89. The number of aliphatic hydroxyl groups excluding tert-OH is 1. The van der Waals surface area contributed by atoms with Crippen molar-refractivity contribution in [1.82, 2.24) is 14.5 Å². The van der Waals surface area contributed by atoms with Gasteiger partial charge in [-0.1, -0.05) is 0 Å². The zero-order valence-corrected chi connectivity index (χ0v) is 10.4. The number of rotatable bonds is 3. The molecule has 2 rings (SSSR count). The third-order valence-corrected chi connectivity index (χ3v) is 4.88. The van der Waals surface area contributed by atoms with Crippen molar-refractivity contribution in [3.05, 3.63) is 11.9 Å². The summed E-state index contributed by atoms with van der Waals surface area (Å²) >= 11 is 0. The van der Waals surface area contributed by atoms with Crippen LogP contribution in [0, 0.1) is 6.92 Å². The molecule has 8 nitrogen and oxygen atoms in total. The largest absolute Gasteiger partial charge is 0.480 e. The van der Waals surface area contributed by atoms with E-state index in [-0.39, 0.29) is 17.9 Å². The van der Waals surface area contributed by atoms with Crippen LogP contribution in [0.2, 0.25) is 0 Å². The SMILES string of the molecule is Cc1[nH]ncc1S(=O)(=O)N1CC(O)C[C@@H]1C(=O)O. The number of nitrogens with one attached hydrogen (secondary N) is 1. The molecule has 1 fully saturated rings. The highest BCUT2D eigenvalue weighted by Gasteiger charge is 2.44. The number of carbonyl (C=O) groups is 1. The van der Waals surface area contributed by atoms with Gasteiger partial charge in [-0.05, 0) is 6.92 Å². The fraction of sp³-hybridized carbons (Fsp3) is 0.556. The molecule has 1 aromatic heterocycles. The lowest BCUT2D eigenvalue weighted by Gasteiger charge is -2.20. The van der Waals surface area contributed by atoms with Crippen LogP contribution in [-0.4, -0.2) is 57.8 Å². The first-order valence-electron chi connectivity index (χ1n) is 5.26. The molecule has 1 aliphatic rings. The van der Waals surface area contributed by atoms with E-state index in [4.69, 9.17) is 5.11 Å². The van der Waals surface area contributed by atoms with Crippen LogP contribution in [0.5, 0.6) is 0 Å². The zero-order valence-electron chi connectivity index (χ0n) is 9.57. The van der Waals surface area contributed by atoms with E-state index in [0.29, 0.717) is 5.69 Å². The minimum atomic E-state index is -3.95. The van der Waals surface area contributed by atoms with Crippen LogP contribution in [0.1, 0.15) is 12.1 Å². The maximum absolute atomic E-state index is 12.3. The Balaban J connectivity index is 2.41. The molecular formula is C9H13N3O5S. The topological polar surface area (TPSA) is 124 Å². The van der Waals surface area contributed by atoms with Gasteiger partial charge >= 0.3 is 5.97 Å². The van der Waals surface area contributed by atoms with E-state index < -0.39 is 28.1 Å². The number of aromatic nitrogens is 2. The van der Waals surface area contributed by atoms with Gasteiger partial charge < -0.3 is 10.2 Å². The first kappa shape index (κ1) is 13.0.